The third kappa shape index (κ3) is 5.70. The summed E-state index contributed by atoms with van der Waals surface area (Å²) in [5, 5.41) is 12.7. The molecule has 1 atom stereocenters. The van der Waals surface area contributed by atoms with Crippen LogP contribution in [-0.4, -0.2) is 40.2 Å². The molecule has 0 spiro atoms. The second-order valence-electron chi connectivity index (χ2n) is 7.38. The van der Waals surface area contributed by atoms with Gasteiger partial charge < -0.3 is 10.4 Å². The minimum absolute atomic E-state index is 0.0152. The lowest BCUT2D eigenvalue weighted by atomic mass is 10.1. The van der Waals surface area contributed by atoms with E-state index in [1.54, 1.807) is 30.3 Å². The molecule has 35 heavy (non-hydrogen) atoms. The van der Waals surface area contributed by atoms with Crippen molar-refractivity contribution in [3.8, 4) is 0 Å². The fourth-order valence-corrected chi connectivity index (χ4v) is 5.43. The maximum Gasteiger partial charge on any atom is 0.326 e. The molecular formula is C22H16Cl2N4O5S2. The first-order chi connectivity index (χ1) is 16.6. The molecule has 0 unspecified atom stereocenters. The van der Waals surface area contributed by atoms with Gasteiger partial charge in [-0.2, -0.15) is 8.75 Å². The quantitative estimate of drug-likeness (QED) is 0.298. The number of aliphatic carboxylic acids is 1. The van der Waals surface area contributed by atoms with Crippen LogP contribution >= 0.6 is 34.9 Å². The molecule has 0 aliphatic rings. The number of nitrogens with zero attached hydrogens (tertiary/aromatic N) is 2. The fourth-order valence-electron chi connectivity index (χ4n) is 3.28. The number of nitrogens with one attached hydrogen (secondary N) is 2. The van der Waals surface area contributed by atoms with Crippen molar-refractivity contribution in [3.05, 3.63) is 81.8 Å². The van der Waals surface area contributed by atoms with Gasteiger partial charge in [0.25, 0.3) is 15.9 Å². The molecule has 0 radical (unpaired) electrons. The van der Waals surface area contributed by atoms with E-state index in [1.165, 1.54) is 30.3 Å². The van der Waals surface area contributed by atoms with Crippen LogP contribution in [0, 0.1) is 0 Å². The van der Waals surface area contributed by atoms with Crippen molar-refractivity contribution in [1.82, 2.24) is 14.1 Å². The number of hydrogen-bond acceptors (Lipinski definition) is 7. The number of rotatable bonds is 8. The van der Waals surface area contributed by atoms with Gasteiger partial charge in [-0.3, -0.25) is 9.52 Å². The Morgan fingerprint density at radius 3 is 2.43 bits per heavy atom. The molecule has 0 bridgehead atoms. The zero-order chi connectivity index (χ0) is 25.2. The molecule has 1 heterocycles. The lowest BCUT2D eigenvalue weighted by molar-refractivity contribution is -0.139. The maximum absolute atomic E-state index is 13.1. The van der Waals surface area contributed by atoms with E-state index >= 15 is 0 Å². The highest BCUT2D eigenvalue weighted by atomic mass is 35.5. The summed E-state index contributed by atoms with van der Waals surface area (Å²) in [5.41, 5.74) is 1.02. The third-order valence-electron chi connectivity index (χ3n) is 4.97. The summed E-state index contributed by atoms with van der Waals surface area (Å²) < 4.78 is 36.7. The molecule has 0 fully saturated rings. The number of anilines is 1. The molecule has 4 aromatic rings. The minimum atomic E-state index is -4.17. The van der Waals surface area contributed by atoms with E-state index < -0.39 is 27.9 Å². The monoisotopic (exact) mass is 550 g/mol. The standard InChI is InChI=1S/C22H16Cl2N4O5S2/c23-13-6-4-12(5-7-13)10-18(22(30)31)25-21(29)15-11-14(24)8-9-16(15)28-35(32,33)19-3-1-2-17-20(19)27-34-26-17/h1-9,11,18,28H,10H2,(H,25,29)(H,30,31)/t18-/m0/s1. The van der Waals surface area contributed by atoms with Gasteiger partial charge in [0.15, 0.2) is 0 Å². The zero-order valence-electron chi connectivity index (χ0n) is 17.6. The summed E-state index contributed by atoms with van der Waals surface area (Å²) in [6, 6.07) is 13.7. The summed E-state index contributed by atoms with van der Waals surface area (Å²) in [6.45, 7) is 0. The van der Waals surface area contributed by atoms with Gasteiger partial charge in [-0.05, 0) is 48.0 Å². The molecule has 1 aromatic heterocycles. The van der Waals surface area contributed by atoms with Crippen LogP contribution in [-0.2, 0) is 21.2 Å². The highest BCUT2D eigenvalue weighted by molar-refractivity contribution is 7.93. The van der Waals surface area contributed by atoms with E-state index in [4.69, 9.17) is 23.2 Å². The van der Waals surface area contributed by atoms with E-state index in [-0.39, 0.29) is 33.1 Å². The van der Waals surface area contributed by atoms with Crippen molar-refractivity contribution in [2.75, 3.05) is 4.72 Å². The average Bonchev–Trinajstić information content (AvgIpc) is 3.29. The van der Waals surface area contributed by atoms with Crippen LogP contribution < -0.4 is 10.0 Å². The Kier molecular flexibility index (Phi) is 7.22. The van der Waals surface area contributed by atoms with Crippen molar-refractivity contribution in [2.24, 2.45) is 0 Å². The van der Waals surface area contributed by atoms with Gasteiger partial charge in [0.05, 0.1) is 23.0 Å². The first-order valence-electron chi connectivity index (χ1n) is 9.96. The van der Waals surface area contributed by atoms with Gasteiger partial charge in [0.2, 0.25) is 0 Å². The smallest absolute Gasteiger partial charge is 0.326 e. The van der Waals surface area contributed by atoms with Crippen LogP contribution in [0.25, 0.3) is 11.0 Å². The first-order valence-corrected chi connectivity index (χ1v) is 12.9. The number of hydrogen-bond donors (Lipinski definition) is 3. The van der Waals surface area contributed by atoms with Crippen LogP contribution in [0.4, 0.5) is 5.69 Å². The van der Waals surface area contributed by atoms with E-state index in [2.05, 4.69) is 18.8 Å². The summed E-state index contributed by atoms with van der Waals surface area (Å²) >= 11 is 12.8. The zero-order valence-corrected chi connectivity index (χ0v) is 20.7. The van der Waals surface area contributed by atoms with Crippen molar-refractivity contribution in [1.29, 1.82) is 0 Å². The third-order valence-corrected chi connectivity index (χ3v) is 7.39. The topological polar surface area (TPSA) is 138 Å². The lowest BCUT2D eigenvalue weighted by Gasteiger charge is -2.17. The van der Waals surface area contributed by atoms with Crippen molar-refractivity contribution in [3.63, 3.8) is 0 Å². The summed E-state index contributed by atoms with van der Waals surface area (Å²) in [7, 11) is -4.17. The molecule has 9 nitrogen and oxygen atoms in total. The summed E-state index contributed by atoms with van der Waals surface area (Å²) in [4.78, 5) is 24.8. The van der Waals surface area contributed by atoms with Crippen LogP contribution in [0.5, 0.6) is 0 Å². The predicted octanol–water partition coefficient (Wildman–Crippen LogP) is 4.22. The Labute approximate surface area is 214 Å². The van der Waals surface area contributed by atoms with Gasteiger partial charge in [0, 0.05) is 16.5 Å². The van der Waals surface area contributed by atoms with Crippen molar-refractivity contribution in [2.45, 2.75) is 17.4 Å². The number of amides is 1. The summed E-state index contributed by atoms with van der Waals surface area (Å²) in [5.74, 6) is -2.08. The molecule has 1 amide bonds. The van der Waals surface area contributed by atoms with E-state index in [1.807, 2.05) is 0 Å². The molecule has 180 valence electrons. The Morgan fingerprint density at radius 1 is 1.00 bits per heavy atom. The fraction of sp³-hybridized carbons (Fsp3) is 0.0909. The predicted molar refractivity (Wildman–Crippen MR) is 134 cm³/mol. The number of carbonyl (C=O) groups excluding carboxylic acids is 1. The van der Waals surface area contributed by atoms with Gasteiger partial charge >= 0.3 is 5.97 Å². The highest BCUT2D eigenvalue weighted by Gasteiger charge is 2.26. The molecule has 0 aliphatic heterocycles. The van der Waals surface area contributed by atoms with Crippen molar-refractivity contribution >= 4 is 73.6 Å². The number of carbonyl (C=O) groups is 2. The lowest BCUT2D eigenvalue weighted by Crippen LogP contribution is -2.42. The van der Waals surface area contributed by atoms with E-state index in [9.17, 15) is 23.1 Å². The molecule has 0 saturated heterocycles. The number of sulfonamides is 1. The van der Waals surface area contributed by atoms with Gasteiger partial charge in [-0.25, -0.2) is 13.2 Å². The normalized spacial score (nSPS) is 12.3. The molecule has 4 rings (SSSR count). The Hall–Kier alpha value is -3.25. The molecule has 13 heteroatoms. The van der Waals surface area contributed by atoms with E-state index in [0.29, 0.717) is 16.1 Å². The van der Waals surface area contributed by atoms with Gasteiger partial charge in [-0.1, -0.05) is 41.4 Å². The number of halogens is 2. The Bertz CT molecular complexity index is 1520. The van der Waals surface area contributed by atoms with Crippen LogP contribution in [0.1, 0.15) is 15.9 Å². The largest absolute Gasteiger partial charge is 0.480 e. The minimum Gasteiger partial charge on any atom is -0.480 e. The number of benzene rings is 3. The molecule has 0 aliphatic carbocycles. The SMILES string of the molecule is O=C(N[C@@H](Cc1ccc(Cl)cc1)C(=O)O)c1cc(Cl)ccc1NS(=O)(=O)c1cccc2nsnc12. The number of carboxylic acid groups (broad SMARTS) is 1. The molecule has 3 aromatic carbocycles. The molecule has 3 N–H and O–H groups in total. The number of fused-ring (bicyclic) bond motifs is 1. The van der Waals surface area contributed by atoms with E-state index in [0.717, 1.165) is 11.7 Å². The number of aromatic nitrogens is 2. The Morgan fingerprint density at radius 2 is 1.71 bits per heavy atom. The molecular weight excluding hydrogens is 535 g/mol. The average molecular weight is 551 g/mol. The Balaban J connectivity index is 1.62. The number of carboxylic acids is 1. The first kappa shape index (κ1) is 24.9. The van der Waals surface area contributed by atoms with Crippen LogP contribution in [0.3, 0.4) is 0 Å². The highest BCUT2D eigenvalue weighted by Crippen LogP contribution is 2.27. The van der Waals surface area contributed by atoms with Crippen LogP contribution in [0.2, 0.25) is 10.0 Å². The maximum atomic E-state index is 13.1. The summed E-state index contributed by atoms with van der Waals surface area (Å²) in [6.07, 6.45) is -0.0152. The van der Waals surface area contributed by atoms with Gasteiger partial charge in [-0.15, -0.1) is 0 Å². The second-order valence-corrected chi connectivity index (χ2v) is 10.4. The van der Waals surface area contributed by atoms with Gasteiger partial charge in [0.1, 0.15) is 22.0 Å². The molecule has 0 saturated carbocycles. The van der Waals surface area contributed by atoms with Crippen LogP contribution in [0.15, 0.2) is 65.6 Å². The van der Waals surface area contributed by atoms with Crippen molar-refractivity contribution < 1.29 is 23.1 Å². The second kappa shape index (κ2) is 10.2.